The van der Waals surface area contributed by atoms with E-state index in [1.165, 1.54) is 22.3 Å². The van der Waals surface area contributed by atoms with Gasteiger partial charge in [-0.25, -0.2) is 0 Å². The van der Waals surface area contributed by atoms with Crippen LogP contribution in [-0.4, -0.2) is 139 Å². The van der Waals surface area contributed by atoms with E-state index in [1.807, 2.05) is 170 Å². The minimum Gasteiger partial charge on any atom is -0.388 e. The summed E-state index contributed by atoms with van der Waals surface area (Å²) >= 11 is 0. The molecular weight excluding hydrogens is 1720 g/mol. The summed E-state index contributed by atoms with van der Waals surface area (Å²) in [5.41, 5.74) is 13.6. The van der Waals surface area contributed by atoms with Gasteiger partial charge in [0.15, 0.2) is 0 Å². The lowest BCUT2D eigenvalue weighted by Gasteiger charge is -2.42. The highest BCUT2D eigenvalue weighted by molar-refractivity contribution is 5.43. The summed E-state index contributed by atoms with van der Waals surface area (Å²) in [6.45, 7) is 38.2. The van der Waals surface area contributed by atoms with Crippen molar-refractivity contribution in [2.45, 2.75) is 254 Å². The van der Waals surface area contributed by atoms with Gasteiger partial charge in [-0.1, -0.05) is 423 Å². The van der Waals surface area contributed by atoms with Crippen LogP contribution in [0, 0.1) is 23.7 Å². The van der Waals surface area contributed by atoms with E-state index in [9.17, 15) is 40.9 Å². The van der Waals surface area contributed by atoms with Crippen molar-refractivity contribution in [3.63, 3.8) is 0 Å². The monoisotopic (exact) mass is 1890 g/mol. The Morgan fingerprint density at radius 2 is 0.350 bits per heavy atom. The molecule has 0 aliphatic carbocycles. The third kappa shape index (κ3) is 28.4. The molecule has 0 spiro atoms. The highest BCUT2D eigenvalue weighted by Crippen LogP contribution is 2.48. The first-order valence-corrected chi connectivity index (χ1v) is 52.5. The van der Waals surface area contributed by atoms with Crippen LogP contribution in [0.1, 0.15) is 299 Å². The second-order valence-corrected chi connectivity index (χ2v) is 44.6. The normalized spacial score (nSPS) is 16.8. The van der Waals surface area contributed by atoms with Gasteiger partial charge in [-0.2, -0.15) is 0 Å². The molecule has 0 radical (unpaired) electrons. The Labute approximate surface area is 840 Å². The van der Waals surface area contributed by atoms with Crippen molar-refractivity contribution in [2.75, 3.05) is 78.5 Å². The number of benzene rings is 12. The van der Waals surface area contributed by atoms with Gasteiger partial charge in [0.05, 0.1) is 24.4 Å². The maximum atomic E-state index is 12.1. The van der Waals surface area contributed by atoms with Crippen molar-refractivity contribution < 1.29 is 40.9 Å². The van der Waals surface area contributed by atoms with Gasteiger partial charge < -0.3 is 60.5 Å². The number of unbranched alkanes of at least 4 members (excludes halogenated alkanes) is 1. The molecule has 0 bridgehead atoms. The molecule has 140 heavy (non-hydrogen) atoms. The third-order valence-electron chi connectivity index (χ3n) is 30.9. The zero-order valence-electron chi connectivity index (χ0n) is 86.1. The highest BCUT2D eigenvalue weighted by Gasteiger charge is 2.46. The lowest BCUT2D eigenvalue weighted by molar-refractivity contribution is -0.0157. The smallest absolute Gasteiger partial charge is 0.117 e. The average Bonchev–Trinajstić information content (AvgIpc) is 0.777. The first-order chi connectivity index (χ1) is 67.1. The summed E-state index contributed by atoms with van der Waals surface area (Å²) in [4.78, 5) is 9.93. The molecule has 4 heterocycles. The highest BCUT2D eigenvalue weighted by atomic mass is 16.3. The SMILES string of the molecule is CC(C)(C)c1ccc(C(O)CCCCN2CCC(C(O)(c3ccccc3)c3ccccc3)CC2)cc1.CC(C)(C)c1ccc(C(O)CCN2CCC(C(O)(c3ccccc3)c3ccccc3)CC2)cc1.CC(C)(C)c1ccc([C@@H](O)CCCN2CCC(C(O)(c3ccccc3)c3ccccc3)CC2)cc1.CC(C)(C)c1ccc([C@@H](O)CCCN2CCC(C(O)(c3ccccc3)c3ccccc3)CC2)cc1. The van der Waals surface area contributed by atoms with Gasteiger partial charge in [-0.05, 0) is 309 Å². The molecule has 0 amide bonds. The van der Waals surface area contributed by atoms with E-state index in [-0.39, 0.29) is 45.3 Å². The molecule has 744 valence electrons. The number of aliphatic hydroxyl groups is 8. The zero-order chi connectivity index (χ0) is 99.6. The van der Waals surface area contributed by atoms with E-state index in [2.05, 4.69) is 273 Å². The summed E-state index contributed by atoms with van der Waals surface area (Å²) in [6.07, 6.45) is 13.1. The number of likely N-dealkylation sites (tertiary alicyclic amines) is 4. The molecule has 4 fully saturated rings. The van der Waals surface area contributed by atoms with Crippen LogP contribution in [0.4, 0.5) is 0 Å². The maximum absolute atomic E-state index is 12.1. The number of hydrogen-bond donors (Lipinski definition) is 8. The standard InChI is InChI=1S/C33H43NO2.2C32H41NO2.C31H39NO2/c1-32(2,3)27-19-17-26(18-20-27)31(35)16-10-11-23-34-24-21-30(22-25-34)33(36,28-12-6-4-7-13-28)29-14-8-5-9-15-29;2*1-31(2,3)26-18-16-25(17-19-26)30(34)15-10-22-33-23-20-29(21-24-33)32(35,27-11-6-4-7-12-27)28-13-8-5-9-14-28;1-30(2,3)25-16-14-24(15-17-25)29(33)20-23-32-21-18-28(19-22-32)31(34,26-10-6-4-7-11-26)27-12-8-5-9-13-27/h4-9,12-15,17-20,30-31,35-36H,10-11,16,21-25H2,1-3H3;2*4-9,11-14,16-19,29-30,34-35H,10,15,20-24H2,1-3H3;4-17,28-29,33-34H,18-23H2,1-3H3/t;2*30-;/m.00./s1. The number of rotatable bonds is 32. The molecule has 0 saturated carbocycles. The minimum absolute atomic E-state index is 0.120. The molecule has 12 heteroatoms. The van der Waals surface area contributed by atoms with Crippen molar-refractivity contribution in [2.24, 2.45) is 23.7 Å². The van der Waals surface area contributed by atoms with Crippen LogP contribution in [-0.2, 0) is 44.1 Å². The van der Waals surface area contributed by atoms with Crippen LogP contribution in [0.15, 0.2) is 340 Å². The van der Waals surface area contributed by atoms with E-state index in [1.54, 1.807) is 0 Å². The molecule has 12 aromatic rings. The zero-order valence-corrected chi connectivity index (χ0v) is 86.1. The van der Waals surface area contributed by atoms with E-state index in [4.69, 9.17) is 0 Å². The van der Waals surface area contributed by atoms with E-state index >= 15 is 0 Å². The van der Waals surface area contributed by atoms with Gasteiger partial charge in [-0.15, -0.1) is 0 Å². The summed E-state index contributed by atoms with van der Waals surface area (Å²) in [7, 11) is 0. The number of aliphatic hydroxyl groups excluding tert-OH is 4. The largest absolute Gasteiger partial charge is 0.388 e. The first kappa shape index (κ1) is 107. The number of hydrogen-bond acceptors (Lipinski definition) is 12. The van der Waals surface area contributed by atoms with E-state index in [0.717, 1.165) is 248 Å². The van der Waals surface area contributed by atoms with Crippen molar-refractivity contribution in [3.8, 4) is 0 Å². The molecule has 8 N–H and O–H groups in total. The molecule has 16 rings (SSSR count). The van der Waals surface area contributed by atoms with E-state index in [0.29, 0.717) is 0 Å². The summed E-state index contributed by atoms with van der Waals surface area (Å²) in [5.74, 6) is 0.700. The van der Waals surface area contributed by atoms with Crippen LogP contribution in [0.25, 0.3) is 0 Å². The fraction of sp³-hybridized carbons (Fsp3) is 0.438. The van der Waals surface area contributed by atoms with Gasteiger partial charge >= 0.3 is 0 Å². The van der Waals surface area contributed by atoms with Gasteiger partial charge in [0.25, 0.3) is 0 Å². The molecular formula is C128H164N4O8. The van der Waals surface area contributed by atoms with Crippen LogP contribution in [0.3, 0.4) is 0 Å². The van der Waals surface area contributed by atoms with E-state index < -0.39 is 46.8 Å². The van der Waals surface area contributed by atoms with Crippen molar-refractivity contribution in [1.29, 1.82) is 0 Å². The maximum Gasteiger partial charge on any atom is 0.117 e. The second-order valence-electron chi connectivity index (χ2n) is 44.6. The summed E-state index contributed by atoms with van der Waals surface area (Å²) < 4.78 is 0. The Kier molecular flexibility index (Phi) is 38.3. The van der Waals surface area contributed by atoms with Crippen LogP contribution >= 0.6 is 0 Å². The molecule has 0 aromatic heterocycles. The predicted molar refractivity (Wildman–Crippen MR) is 578 cm³/mol. The molecule has 12 aromatic carbocycles. The Morgan fingerprint density at radius 1 is 0.193 bits per heavy atom. The van der Waals surface area contributed by atoms with Gasteiger partial charge in [0.1, 0.15) is 22.4 Å². The molecule has 4 aliphatic heterocycles. The Hall–Kier alpha value is -9.84. The quantitative estimate of drug-likeness (QED) is 0.0188. The minimum atomic E-state index is -0.983. The molecule has 4 saturated heterocycles. The number of piperidine rings is 4. The van der Waals surface area contributed by atoms with Crippen LogP contribution in [0.5, 0.6) is 0 Å². The van der Waals surface area contributed by atoms with Crippen LogP contribution in [0.2, 0.25) is 0 Å². The van der Waals surface area contributed by atoms with Crippen molar-refractivity contribution in [3.05, 3.63) is 429 Å². The molecule has 12 nitrogen and oxygen atoms in total. The molecule has 2 unspecified atom stereocenters. The van der Waals surface area contributed by atoms with Gasteiger partial charge in [-0.3, -0.25) is 0 Å². The lowest BCUT2D eigenvalue weighted by atomic mass is 9.72. The van der Waals surface area contributed by atoms with Crippen molar-refractivity contribution >= 4 is 0 Å². The summed E-state index contributed by atoms with van der Waals surface area (Å²) in [6, 6.07) is 115. The molecule has 4 aliphatic rings. The fourth-order valence-electron chi connectivity index (χ4n) is 21.9. The average molecular weight is 1890 g/mol. The Bertz CT molecular complexity index is 5190. The second kappa shape index (κ2) is 49.9. The van der Waals surface area contributed by atoms with Gasteiger partial charge in [0.2, 0.25) is 0 Å². The van der Waals surface area contributed by atoms with Gasteiger partial charge in [0, 0.05) is 6.54 Å². The lowest BCUT2D eigenvalue weighted by Crippen LogP contribution is -2.44. The summed E-state index contributed by atoms with van der Waals surface area (Å²) in [5, 5.41) is 91.0. The Morgan fingerprint density at radius 3 is 0.529 bits per heavy atom. The topological polar surface area (TPSA) is 175 Å². The van der Waals surface area contributed by atoms with Crippen LogP contribution < -0.4 is 0 Å². The molecule has 4 atom stereocenters. The fourth-order valence-corrected chi connectivity index (χ4v) is 21.9. The van der Waals surface area contributed by atoms with Crippen molar-refractivity contribution in [1.82, 2.24) is 19.6 Å². The third-order valence-corrected chi connectivity index (χ3v) is 30.9. The number of nitrogens with zero attached hydrogens (tertiary/aromatic N) is 4. The first-order valence-electron chi connectivity index (χ1n) is 52.5. The Balaban J connectivity index is 0.000000157. The predicted octanol–water partition coefficient (Wildman–Crippen LogP) is 25.8.